The SMILES string of the molecule is Cc1cccc(Nc2nc3cc(C(=O)N4CCCN(C)CC4)ccc3c3cncnc23)c1. The third-order valence-corrected chi connectivity index (χ3v) is 5.99. The minimum absolute atomic E-state index is 0.0570. The fraction of sp³-hybridized carbons (Fsp3) is 0.280. The molecule has 1 amide bonds. The molecule has 0 aliphatic carbocycles. The normalized spacial score (nSPS) is 15.1. The topological polar surface area (TPSA) is 74.2 Å². The van der Waals surface area contributed by atoms with Crippen molar-refractivity contribution < 1.29 is 4.79 Å². The lowest BCUT2D eigenvalue weighted by Gasteiger charge is -2.21. The summed E-state index contributed by atoms with van der Waals surface area (Å²) in [5, 5.41) is 5.24. The summed E-state index contributed by atoms with van der Waals surface area (Å²) in [4.78, 5) is 31.0. The van der Waals surface area contributed by atoms with E-state index in [1.165, 1.54) is 6.33 Å². The molecule has 0 saturated carbocycles. The lowest BCUT2D eigenvalue weighted by Crippen LogP contribution is -2.34. The average molecular weight is 427 g/mol. The second-order valence-corrected chi connectivity index (χ2v) is 8.42. The van der Waals surface area contributed by atoms with Gasteiger partial charge in [0.25, 0.3) is 5.91 Å². The van der Waals surface area contributed by atoms with E-state index in [4.69, 9.17) is 4.98 Å². The summed E-state index contributed by atoms with van der Waals surface area (Å²) in [6, 6.07) is 13.9. The standard InChI is InChI=1S/C25H26N6O/c1-17-5-3-6-19(13-17)28-24-23-21(15-26-16-27-23)20-8-7-18(14-22(20)29-24)25(32)31-10-4-9-30(2)11-12-31/h3,5-8,13-16H,4,9-12H2,1-2H3,(H,28,29). The minimum atomic E-state index is 0.0570. The van der Waals surface area contributed by atoms with E-state index in [0.29, 0.717) is 11.4 Å². The molecule has 3 heterocycles. The van der Waals surface area contributed by atoms with Crippen LogP contribution in [0.2, 0.25) is 0 Å². The molecule has 7 nitrogen and oxygen atoms in total. The molecule has 1 N–H and O–H groups in total. The second-order valence-electron chi connectivity index (χ2n) is 8.42. The van der Waals surface area contributed by atoms with Crippen molar-refractivity contribution in [1.82, 2.24) is 24.8 Å². The zero-order chi connectivity index (χ0) is 22.1. The van der Waals surface area contributed by atoms with Gasteiger partial charge in [0, 0.05) is 47.9 Å². The highest BCUT2D eigenvalue weighted by Crippen LogP contribution is 2.30. The monoisotopic (exact) mass is 426 g/mol. The first-order chi connectivity index (χ1) is 15.6. The summed E-state index contributed by atoms with van der Waals surface area (Å²) >= 11 is 0. The number of hydrogen-bond acceptors (Lipinski definition) is 6. The average Bonchev–Trinajstić information content (AvgIpc) is 3.03. The van der Waals surface area contributed by atoms with Crippen LogP contribution in [0.3, 0.4) is 0 Å². The smallest absolute Gasteiger partial charge is 0.253 e. The Kier molecular flexibility index (Phi) is 5.41. The molecule has 0 atom stereocenters. The number of rotatable bonds is 3. The van der Waals surface area contributed by atoms with Gasteiger partial charge in [0.05, 0.1) is 5.52 Å². The first-order valence-electron chi connectivity index (χ1n) is 10.9. The lowest BCUT2D eigenvalue weighted by molar-refractivity contribution is 0.0763. The Balaban J connectivity index is 1.56. The van der Waals surface area contributed by atoms with Crippen molar-refractivity contribution in [2.75, 3.05) is 38.5 Å². The predicted molar refractivity (Wildman–Crippen MR) is 127 cm³/mol. The Labute approximate surface area is 187 Å². The summed E-state index contributed by atoms with van der Waals surface area (Å²) in [7, 11) is 2.10. The van der Waals surface area contributed by atoms with Crippen LogP contribution in [0.1, 0.15) is 22.3 Å². The van der Waals surface area contributed by atoms with Crippen LogP contribution in [0, 0.1) is 6.92 Å². The van der Waals surface area contributed by atoms with Gasteiger partial charge in [-0.05, 0) is 56.8 Å². The molecule has 5 rings (SSSR count). The van der Waals surface area contributed by atoms with E-state index in [1.54, 1.807) is 6.20 Å². The first kappa shape index (κ1) is 20.3. The molecule has 162 valence electrons. The molecule has 0 spiro atoms. The molecule has 1 saturated heterocycles. The third-order valence-electron chi connectivity index (χ3n) is 5.99. The van der Waals surface area contributed by atoms with Crippen LogP contribution >= 0.6 is 0 Å². The Morgan fingerprint density at radius 3 is 2.81 bits per heavy atom. The van der Waals surface area contributed by atoms with Crippen molar-refractivity contribution >= 4 is 39.2 Å². The Hall–Kier alpha value is -3.58. The summed E-state index contributed by atoms with van der Waals surface area (Å²) in [6.45, 7) is 5.48. The molecule has 0 unspecified atom stereocenters. The van der Waals surface area contributed by atoms with Crippen LogP contribution in [-0.4, -0.2) is 63.9 Å². The molecule has 0 radical (unpaired) electrons. The van der Waals surface area contributed by atoms with Crippen LogP contribution in [0.4, 0.5) is 11.5 Å². The number of anilines is 2. The number of benzene rings is 2. The zero-order valence-corrected chi connectivity index (χ0v) is 18.4. The van der Waals surface area contributed by atoms with Crippen molar-refractivity contribution in [3.05, 3.63) is 66.1 Å². The molecule has 7 heteroatoms. The van der Waals surface area contributed by atoms with Crippen LogP contribution in [-0.2, 0) is 0 Å². The van der Waals surface area contributed by atoms with Gasteiger partial charge in [-0.3, -0.25) is 4.79 Å². The Bertz CT molecular complexity index is 1300. The van der Waals surface area contributed by atoms with Crippen molar-refractivity contribution in [3.8, 4) is 0 Å². The molecule has 4 aromatic rings. The molecule has 32 heavy (non-hydrogen) atoms. The molecule has 0 bridgehead atoms. The van der Waals surface area contributed by atoms with E-state index in [9.17, 15) is 4.79 Å². The maximum atomic E-state index is 13.2. The van der Waals surface area contributed by atoms with Crippen molar-refractivity contribution in [1.29, 1.82) is 0 Å². The van der Waals surface area contributed by atoms with Gasteiger partial charge in [0.1, 0.15) is 11.8 Å². The summed E-state index contributed by atoms with van der Waals surface area (Å²) in [5.41, 5.74) is 4.26. The zero-order valence-electron chi connectivity index (χ0n) is 18.4. The number of nitrogens with one attached hydrogen (secondary N) is 1. The van der Waals surface area contributed by atoms with E-state index in [2.05, 4.69) is 46.3 Å². The van der Waals surface area contributed by atoms with Crippen LogP contribution in [0.25, 0.3) is 21.8 Å². The van der Waals surface area contributed by atoms with E-state index >= 15 is 0 Å². The number of carbonyl (C=O) groups excluding carboxylic acids is 1. The molecular formula is C25H26N6O. The number of fused-ring (bicyclic) bond motifs is 3. The van der Waals surface area contributed by atoms with Gasteiger partial charge in [-0.15, -0.1) is 0 Å². The highest BCUT2D eigenvalue weighted by atomic mass is 16.2. The summed E-state index contributed by atoms with van der Waals surface area (Å²) in [5.74, 6) is 0.711. The fourth-order valence-electron chi connectivity index (χ4n) is 4.25. The van der Waals surface area contributed by atoms with Crippen LogP contribution in [0.15, 0.2) is 55.0 Å². The number of likely N-dealkylation sites (N-methyl/N-ethyl adjacent to an activating group) is 1. The predicted octanol–water partition coefficient (Wildman–Crippen LogP) is 4.01. The number of carbonyl (C=O) groups is 1. The number of aryl methyl sites for hydroxylation is 1. The number of nitrogens with zero attached hydrogens (tertiary/aromatic N) is 5. The van der Waals surface area contributed by atoms with Gasteiger partial charge >= 0.3 is 0 Å². The highest BCUT2D eigenvalue weighted by Gasteiger charge is 2.20. The largest absolute Gasteiger partial charge is 0.338 e. The van der Waals surface area contributed by atoms with Gasteiger partial charge in [0.2, 0.25) is 0 Å². The van der Waals surface area contributed by atoms with Gasteiger partial charge < -0.3 is 15.1 Å². The van der Waals surface area contributed by atoms with Crippen molar-refractivity contribution in [2.24, 2.45) is 0 Å². The first-order valence-corrected chi connectivity index (χ1v) is 10.9. The molecule has 1 aliphatic heterocycles. The molecule has 1 aliphatic rings. The van der Waals surface area contributed by atoms with Crippen molar-refractivity contribution in [2.45, 2.75) is 13.3 Å². The number of amides is 1. The molecular weight excluding hydrogens is 400 g/mol. The summed E-state index contributed by atoms with van der Waals surface area (Å²) < 4.78 is 0. The van der Waals surface area contributed by atoms with E-state index in [-0.39, 0.29) is 5.91 Å². The van der Waals surface area contributed by atoms with Crippen LogP contribution < -0.4 is 5.32 Å². The number of hydrogen-bond donors (Lipinski definition) is 1. The Morgan fingerprint density at radius 2 is 1.94 bits per heavy atom. The lowest BCUT2D eigenvalue weighted by atomic mass is 10.1. The second kappa shape index (κ2) is 8.51. The van der Waals surface area contributed by atoms with E-state index in [0.717, 1.165) is 65.7 Å². The van der Waals surface area contributed by atoms with Crippen molar-refractivity contribution in [3.63, 3.8) is 0 Å². The maximum Gasteiger partial charge on any atom is 0.253 e. The molecule has 2 aromatic heterocycles. The quantitative estimate of drug-likeness (QED) is 0.499. The maximum absolute atomic E-state index is 13.2. The fourth-order valence-corrected chi connectivity index (χ4v) is 4.25. The molecule has 2 aromatic carbocycles. The number of pyridine rings is 1. The van der Waals surface area contributed by atoms with Gasteiger partial charge in [-0.2, -0.15) is 0 Å². The van der Waals surface area contributed by atoms with E-state index in [1.807, 2.05) is 35.2 Å². The number of aromatic nitrogens is 3. The molecule has 1 fully saturated rings. The van der Waals surface area contributed by atoms with Crippen LogP contribution in [0.5, 0.6) is 0 Å². The highest BCUT2D eigenvalue weighted by molar-refractivity contribution is 6.10. The van der Waals surface area contributed by atoms with Gasteiger partial charge in [0.15, 0.2) is 5.82 Å². The van der Waals surface area contributed by atoms with E-state index < -0.39 is 0 Å². The van der Waals surface area contributed by atoms with Gasteiger partial charge in [-0.25, -0.2) is 15.0 Å². The Morgan fingerprint density at radius 1 is 1.03 bits per heavy atom. The minimum Gasteiger partial charge on any atom is -0.338 e. The summed E-state index contributed by atoms with van der Waals surface area (Å²) in [6.07, 6.45) is 4.33. The van der Waals surface area contributed by atoms with Gasteiger partial charge in [-0.1, -0.05) is 18.2 Å². The third kappa shape index (κ3) is 3.99.